The minimum atomic E-state index is -0.552. The largest absolute Gasteiger partial charge is 0.324 e. The number of carbonyl (C=O) groups excluding carboxylic acids is 1. The third-order valence-electron chi connectivity index (χ3n) is 2.99. The molecule has 20 heavy (non-hydrogen) atoms. The Labute approximate surface area is 114 Å². The quantitative estimate of drug-likeness (QED) is 0.750. The fraction of sp³-hybridized carbons (Fsp3) is 0.0667. The normalized spacial score (nSPS) is 10.7. The van der Waals surface area contributed by atoms with Crippen LogP contribution in [-0.4, -0.2) is 15.9 Å². The van der Waals surface area contributed by atoms with Crippen LogP contribution in [0.15, 0.2) is 42.5 Å². The third kappa shape index (κ3) is 2.25. The van der Waals surface area contributed by atoms with Gasteiger partial charge in [0.15, 0.2) is 0 Å². The van der Waals surface area contributed by atoms with Gasteiger partial charge in [-0.25, -0.2) is 9.37 Å². The van der Waals surface area contributed by atoms with Crippen molar-refractivity contribution in [3.63, 3.8) is 0 Å². The smallest absolute Gasteiger partial charge is 0.260 e. The molecule has 0 aliphatic heterocycles. The molecule has 3 rings (SSSR count). The number of nitrogens with one attached hydrogen (secondary N) is 2. The van der Waals surface area contributed by atoms with Crippen LogP contribution in [0.2, 0.25) is 0 Å². The summed E-state index contributed by atoms with van der Waals surface area (Å²) in [5, 5.41) is 2.57. The number of aryl methyl sites for hydroxylation is 1. The van der Waals surface area contributed by atoms with Crippen LogP contribution in [0.25, 0.3) is 11.0 Å². The summed E-state index contributed by atoms with van der Waals surface area (Å²) >= 11 is 0. The number of hydrogen-bond donors (Lipinski definition) is 2. The Balaban J connectivity index is 1.90. The minimum absolute atomic E-state index is 0.00505. The summed E-state index contributed by atoms with van der Waals surface area (Å²) in [6.45, 7) is 1.80. The van der Waals surface area contributed by atoms with Gasteiger partial charge in [-0.05, 0) is 31.2 Å². The Kier molecular flexibility index (Phi) is 2.95. The molecule has 1 heterocycles. The van der Waals surface area contributed by atoms with E-state index in [1.165, 1.54) is 12.1 Å². The van der Waals surface area contributed by atoms with Gasteiger partial charge in [0.05, 0.1) is 16.6 Å². The SMILES string of the molecule is Cc1ccc(F)c(C(=O)Nc2nc3ccccc3[nH]2)c1. The highest BCUT2D eigenvalue weighted by Crippen LogP contribution is 2.15. The maximum atomic E-state index is 13.6. The predicted molar refractivity (Wildman–Crippen MR) is 75.2 cm³/mol. The molecule has 0 radical (unpaired) electrons. The van der Waals surface area contributed by atoms with Crippen LogP contribution in [0.1, 0.15) is 15.9 Å². The number of nitrogens with zero attached hydrogens (tertiary/aromatic N) is 1. The van der Waals surface area contributed by atoms with Gasteiger partial charge >= 0.3 is 0 Å². The van der Waals surface area contributed by atoms with Crippen LogP contribution in [0.5, 0.6) is 0 Å². The second-order valence-corrected chi connectivity index (χ2v) is 4.54. The molecular weight excluding hydrogens is 257 g/mol. The maximum Gasteiger partial charge on any atom is 0.260 e. The molecule has 5 heteroatoms. The fourth-order valence-electron chi connectivity index (χ4n) is 2.00. The second-order valence-electron chi connectivity index (χ2n) is 4.54. The van der Waals surface area contributed by atoms with Gasteiger partial charge in [-0.1, -0.05) is 23.8 Å². The number of aromatic amines is 1. The van der Waals surface area contributed by atoms with E-state index in [0.717, 1.165) is 16.6 Å². The van der Waals surface area contributed by atoms with Crippen LogP contribution in [0, 0.1) is 12.7 Å². The van der Waals surface area contributed by atoms with E-state index in [9.17, 15) is 9.18 Å². The van der Waals surface area contributed by atoms with Crippen molar-refractivity contribution in [1.82, 2.24) is 9.97 Å². The molecule has 0 bridgehead atoms. The van der Waals surface area contributed by atoms with Crippen molar-refractivity contribution in [2.45, 2.75) is 6.92 Å². The first-order valence-corrected chi connectivity index (χ1v) is 6.16. The molecule has 2 aromatic carbocycles. The van der Waals surface area contributed by atoms with E-state index in [-0.39, 0.29) is 5.56 Å². The molecule has 0 fully saturated rings. The number of hydrogen-bond acceptors (Lipinski definition) is 2. The van der Waals surface area contributed by atoms with Crippen LogP contribution in [0.3, 0.4) is 0 Å². The molecule has 1 aromatic heterocycles. The number of aromatic nitrogens is 2. The Hall–Kier alpha value is -2.69. The Bertz CT molecular complexity index is 762. The van der Waals surface area contributed by atoms with Gasteiger partial charge in [0, 0.05) is 0 Å². The van der Waals surface area contributed by atoms with Gasteiger partial charge in [-0.3, -0.25) is 10.1 Å². The predicted octanol–water partition coefficient (Wildman–Crippen LogP) is 3.26. The molecule has 0 saturated heterocycles. The molecule has 0 aliphatic carbocycles. The summed E-state index contributed by atoms with van der Waals surface area (Å²) in [6, 6.07) is 11.8. The lowest BCUT2D eigenvalue weighted by Crippen LogP contribution is -2.14. The molecule has 0 spiro atoms. The van der Waals surface area contributed by atoms with E-state index in [1.54, 1.807) is 13.0 Å². The number of H-pyrrole nitrogens is 1. The fourth-order valence-corrected chi connectivity index (χ4v) is 2.00. The number of para-hydroxylation sites is 2. The number of fused-ring (bicyclic) bond motifs is 1. The van der Waals surface area contributed by atoms with Crippen molar-refractivity contribution in [3.8, 4) is 0 Å². The first-order chi connectivity index (χ1) is 9.63. The highest BCUT2D eigenvalue weighted by molar-refractivity contribution is 6.04. The molecule has 3 aromatic rings. The Morgan fingerprint density at radius 1 is 1.25 bits per heavy atom. The topological polar surface area (TPSA) is 57.8 Å². The van der Waals surface area contributed by atoms with Crippen molar-refractivity contribution >= 4 is 22.9 Å². The van der Waals surface area contributed by atoms with Gasteiger partial charge < -0.3 is 4.98 Å². The zero-order valence-electron chi connectivity index (χ0n) is 10.8. The average molecular weight is 269 g/mol. The monoisotopic (exact) mass is 269 g/mol. The number of benzene rings is 2. The molecule has 1 amide bonds. The van der Waals surface area contributed by atoms with E-state index in [4.69, 9.17) is 0 Å². The van der Waals surface area contributed by atoms with E-state index in [0.29, 0.717) is 5.95 Å². The van der Waals surface area contributed by atoms with Crippen LogP contribution in [-0.2, 0) is 0 Å². The number of rotatable bonds is 2. The first-order valence-electron chi connectivity index (χ1n) is 6.16. The standard InChI is InChI=1S/C15H12FN3O/c1-9-6-7-11(16)10(8-9)14(20)19-15-17-12-4-2-3-5-13(12)18-15/h2-8H,1H3,(H2,17,18,19,20). The number of anilines is 1. The highest BCUT2D eigenvalue weighted by atomic mass is 19.1. The molecular formula is C15H12FN3O. The summed E-state index contributed by atoms with van der Waals surface area (Å²) in [6.07, 6.45) is 0. The molecule has 0 atom stereocenters. The Morgan fingerprint density at radius 3 is 2.85 bits per heavy atom. The number of halogens is 1. The lowest BCUT2D eigenvalue weighted by Gasteiger charge is -2.04. The molecule has 0 unspecified atom stereocenters. The number of amides is 1. The zero-order chi connectivity index (χ0) is 14.1. The van der Waals surface area contributed by atoms with Crippen molar-refractivity contribution in [2.24, 2.45) is 0 Å². The van der Waals surface area contributed by atoms with E-state index < -0.39 is 11.7 Å². The maximum absolute atomic E-state index is 13.6. The molecule has 4 nitrogen and oxygen atoms in total. The Morgan fingerprint density at radius 2 is 2.05 bits per heavy atom. The van der Waals surface area contributed by atoms with Gasteiger partial charge in [0.2, 0.25) is 5.95 Å². The lowest BCUT2D eigenvalue weighted by molar-refractivity contribution is 0.102. The highest BCUT2D eigenvalue weighted by Gasteiger charge is 2.13. The summed E-state index contributed by atoms with van der Waals surface area (Å²) in [5.41, 5.74) is 2.38. The number of imidazole rings is 1. The van der Waals surface area contributed by atoms with Gasteiger partial charge in [-0.15, -0.1) is 0 Å². The summed E-state index contributed by atoms with van der Waals surface area (Å²) < 4.78 is 13.6. The summed E-state index contributed by atoms with van der Waals surface area (Å²) in [4.78, 5) is 19.2. The minimum Gasteiger partial charge on any atom is -0.324 e. The van der Waals surface area contributed by atoms with Crippen molar-refractivity contribution in [2.75, 3.05) is 5.32 Å². The van der Waals surface area contributed by atoms with Crippen molar-refractivity contribution in [1.29, 1.82) is 0 Å². The van der Waals surface area contributed by atoms with Crippen molar-refractivity contribution in [3.05, 3.63) is 59.4 Å². The zero-order valence-corrected chi connectivity index (χ0v) is 10.8. The summed E-state index contributed by atoms with van der Waals surface area (Å²) in [5.74, 6) is -0.772. The van der Waals surface area contributed by atoms with Gasteiger partial charge in [-0.2, -0.15) is 0 Å². The van der Waals surface area contributed by atoms with Gasteiger partial charge in [0.25, 0.3) is 5.91 Å². The van der Waals surface area contributed by atoms with E-state index in [2.05, 4.69) is 15.3 Å². The molecule has 0 saturated carbocycles. The molecule has 0 aliphatic rings. The first kappa shape index (κ1) is 12.3. The molecule has 100 valence electrons. The van der Waals surface area contributed by atoms with E-state index in [1.807, 2.05) is 24.3 Å². The van der Waals surface area contributed by atoms with E-state index >= 15 is 0 Å². The lowest BCUT2D eigenvalue weighted by atomic mass is 10.1. The summed E-state index contributed by atoms with van der Waals surface area (Å²) in [7, 11) is 0. The van der Waals surface area contributed by atoms with Crippen LogP contribution in [0.4, 0.5) is 10.3 Å². The van der Waals surface area contributed by atoms with Crippen LogP contribution >= 0.6 is 0 Å². The van der Waals surface area contributed by atoms with Crippen molar-refractivity contribution < 1.29 is 9.18 Å². The van der Waals surface area contributed by atoms with Gasteiger partial charge in [0.1, 0.15) is 5.82 Å². The second kappa shape index (κ2) is 4.77. The average Bonchev–Trinajstić information content (AvgIpc) is 2.83. The third-order valence-corrected chi connectivity index (χ3v) is 2.99. The van der Waals surface area contributed by atoms with Crippen LogP contribution < -0.4 is 5.32 Å². The number of carbonyl (C=O) groups is 1. The molecule has 2 N–H and O–H groups in total.